The molecule has 2 aromatic carbocycles. The molecule has 2 aliphatic heterocycles. The van der Waals surface area contributed by atoms with Crippen LogP contribution in [0.4, 0.5) is 8.78 Å². The van der Waals surface area contributed by atoms with E-state index in [1.165, 1.54) is 12.1 Å². The summed E-state index contributed by atoms with van der Waals surface area (Å²) in [4.78, 5) is 29.1. The molecule has 0 radical (unpaired) electrons. The van der Waals surface area contributed by atoms with Gasteiger partial charge in [0, 0.05) is 37.7 Å². The first-order chi connectivity index (χ1) is 20.2. The van der Waals surface area contributed by atoms with E-state index in [4.69, 9.17) is 4.74 Å². The van der Waals surface area contributed by atoms with Gasteiger partial charge in [-0.05, 0) is 67.7 Å². The molecule has 2 fully saturated rings. The van der Waals surface area contributed by atoms with Gasteiger partial charge in [-0.15, -0.1) is 0 Å². The number of aliphatic hydroxyl groups excluding tert-OH is 1. The maximum absolute atomic E-state index is 14.1. The molecule has 0 unspecified atom stereocenters. The Kier molecular flexibility index (Phi) is 11.5. The van der Waals surface area contributed by atoms with Crippen LogP contribution in [-0.4, -0.2) is 71.9 Å². The summed E-state index contributed by atoms with van der Waals surface area (Å²) in [5.41, 5.74) is 1.38. The molecule has 0 spiro atoms. The normalized spacial score (nSPS) is 22.9. The molecule has 6 atom stereocenters. The fraction of sp³-hybridized carbons (Fsp3) is 0.576. The van der Waals surface area contributed by atoms with Crippen molar-refractivity contribution in [2.75, 3.05) is 19.7 Å². The van der Waals surface area contributed by atoms with Crippen LogP contribution >= 0.6 is 0 Å². The van der Waals surface area contributed by atoms with E-state index in [9.17, 15) is 23.5 Å². The van der Waals surface area contributed by atoms with Crippen LogP contribution in [0.25, 0.3) is 0 Å². The molecular weight excluding hydrogens is 540 g/mol. The molecule has 4 rings (SSSR count). The lowest BCUT2D eigenvalue weighted by molar-refractivity contribution is -0.141. The number of halogens is 2. The summed E-state index contributed by atoms with van der Waals surface area (Å²) in [6.45, 7) is 7.72. The summed E-state index contributed by atoms with van der Waals surface area (Å²) in [5, 5.41) is 17.8. The van der Waals surface area contributed by atoms with Gasteiger partial charge in [-0.3, -0.25) is 9.59 Å². The van der Waals surface area contributed by atoms with Gasteiger partial charge < -0.3 is 25.4 Å². The fourth-order valence-corrected chi connectivity index (χ4v) is 6.23. The quantitative estimate of drug-likeness (QED) is 0.312. The summed E-state index contributed by atoms with van der Waals surface area (Å²) in [6.07, 6.45) is 2.02. The highest BCUT2D eigenvalue weighted by Gasteiger charge is 2.41. The Morgan fingerprint density at radius 1 is 1.14 bits per heavy atom. The predicted octanol–water partition coefficient (Wildman–Crippen LogP) is 4.02. The third kappa shape index (κ3) is 8.36. The Bertz CT molecular complexity index is 1160. The Balaban J connectivity index is 1.56. The van der Waals surface area contributed by atoms with Crippen LogP contribution in [0.3, 0.4) is 0 Å². The lowest BCUT2D eigenvalue weighted by atomic mass is 9.93. The van der Waals surface area contributed by atoms with E-state index >= 15 is 0 Å². The summed E-state index contributed by atoms with van der Waals surface area (Å²) in [5.74, 6) is -1.83. The van der Waals surface area contributed by atoms with Gasteiger partial charge in [-0.2, -0.15) is 0 Å². The van der Waals surface area contributed by atoms with E-state index < -0.39 is 29.8 Å². The first-order valence-electron chi connectivity index (χ1n) is 15.3. The van der Waals surface area contributed by atoms with Gasteiger partial charge in [-0.1, -0.05) is 51.1 Å². The molecular formula is C33H45F2N3O4. The highest BCUT2D eigenvalue weighted by molar-refractivity contribution is 5.90. The number of carbonyl (C=O) groups is 2. The number of aliphatic hydroxyl groups is 1. The number of nitrogens with one attached hydrogen (secondary N) is 2. The molecule has 3 N–H and O–H groups in total. The van der Waals surface area contributed by atoms with Crippen molar-refractivity contribution in [2.45, 2.75) is 89.6 Å². The molecule has 2 heterocycles. The van der Waals surface area contributed by atoms with Crippen molar-refractivity contribution in [3.05, 3.63) is 71.3 Å². The number of rotatable bonds is 14. The van der Waals surface area contributed by atoms with Crippen LogP contribution in [0.5, 0.6) is 0 Å². The largest absolute Gasteiger partial charge is 0.389 e. The number of likely N-dealkylation sites (tertiary alicyclic amines) is 1. The second-order valence-corrected chi connectivity index (χ2v) is 12.0. The molecule has 0 saturated carbocycles. The highest BCUT2D eigenvalue weighted by atomic mass is 19.1. The molecule has 9 heteroatoms. The van der Waals surface area contributed by atoms with Gasteiger partial charge in [0.1, 0.15) is 17.7 Å². The topological polar surface area (TPSA) is 90.9 Å². The summed E-state index contributed by atoms with van der Waals surface area (Å²) in [6, 6.07) is 11.1. The summed E-state index contributed by atoms with van der Waals surface area (Å²) < 4.78 is 34.0. The van der Waals surface area contributed by atoms with Gasteiger partial charge >= 0.3 is 0 Å². The number of carbonyl (C=O) groups excluding carboxylic acids is 2. The van der Waals surface area contributed by atoms with Crippen molar-refractivity contribution < 1.29 is 28.2 Å². The number of aryl methyl sites for hydroxylation is 1. The molecule has 7 nitrogen and oxygen atoms in total. The van der Waals surface area contributed by atoms with Gasteiger partial charge in [0.05, 0.1) is 18.2 Å². The van der Waals surface area contributed by atoms with E-state index in [1.54, 1.807) is 4.90 Å². The van der Waals surface area contributed by atoms with Crippen molar-refractivity contribution in [3.63, 3.8) is 0 Å². The molecule has 42 heavy (non-hydrogen) atoms. The third-order valence-electron chi connectivity index (χ3n) is 8.53. The second kappa shape index (κ2) is 15.0. The van der Waals surface area contributed by atoms with Crippen molar-refractivity contribution in [1.29, 1.82) is 0 Å². The Morgan fingerprint density at radius 3 is 2.50 bits per heavy atom. The minimum Gasteiger partial charge on any atom is -0.389 e. The zero-order chi connectivity index (χ0) is 30.2. The lowest BCUT2D eigenvalue weighted by Gasteiger charge is -2.33. The molecule has 2 saturated heterocycles. The molecule has 2 aromatic rings. The number of ether oxygens (including phenoxy) is 1. The number of hydrogen-bond acceptors (Lipinski definition) is 5. The van der Waals surface area contributed by atoms with Gasteiger partial charge in [0.25, 0.3) is 0 Å². The molecule has 0 aromatic heterocycles. The Hall–Kier alpha value is -2.88. The first kappa shape index (κ1) is 32.0. The molecule has 2 aliphatic rings. The molecule has 2 amide bonds. The van der Waals surface area contributed by atoms with E-state index in [0.29, 0.717) is 50.9 Å². The first-order valence-corrected chi connectivity index (χ1v) is 15.3. The lowest BCUT2D eigenvalue weighted by Crippen LogP contribution is -2.57. The maximum atomic E-state index is 14.1. The SMILES string of the molecule is CCCO[C@H]1CN[C@@H]([C@@H](O)[C@H](Cc2cc(F)cc(F)c2)NC(=O)[C@@H](CCc2ccccc2)N2CC[C@H](C(C)C)C2=O)C1. The number of benzene rings is 2. The van der Waals surface area contributed by atoms with E-state index in [-0.39, 0.29) is 42.2 Å². The number of amides is 2. The van der Waals surface area contributed by atoms with E-state index in [0.717, 1.165) is 18.1 Å². The predicted molar refractivity (Wildman–Crippen MR) is 158 cm³/mol. The second-order valence-electron chi connectivity index (χ2n) is 12.0. The maximum Gasteiger partial charge on any atom is 0.243 e. The Labute approximate surface area is 248 Å². The zero-order valence-corrected chi connectivity index (χ0v) is 24.9. The highest BCUT2D eigenvalue weighted by Crippen LogP contribution is 2.29. The van der Waals surface area contributed by atoms with Gasteiger partial charge in [0.15, 0.2) is 0 Å². The summed E-state index contributed by atoms with van der Waals surface area (Å²) in [7, 11) is 0. The Morgan fingerprint density at radius 2 is 1.86 bits per heavy atom. The van der Waals surface area contributed by atoms with Crippen LogP contribution in [0.1, 0.15) is 57.6 Å². The van der Waals surface area contributed by atoms with Crippen LogP contribution < -0.4 is 10.6 Å². The third-order valence-corrected chi connectivity index (χ3v) is 8.53. The van der Waals surface area contributed by atoms with Gasteiger partial charge in [0.2, 0.25) is 11.8 Å². The van der Waals surface area contributed by atoms with Crippen LogP contribution in [0.15, 0.2) is 48.5 Å². The molecule has 0 bridgehead atoms. The van der Waals surface area contributed by atoms with Crippen molar-refractivity contribution in [3.8, 4) is 0 Å². The number of hydrogen-bond donors (Lipinski definition) is 3. The number of nitrogens with zero attached hydrogens (tertiary/aromatic N) is 1. The average molecular weight is 586 g/mol. The fourth-order valence-electron chi connectivity index (χ4n) is 6.23. The van der Waals surface area contributed by atoms with Crippen LogP contribution in [-0.2, 0) is 27.2 Å². The van der Waals surface area contributed by atoms with Crippen molar-refractivity contribution >= 4 is 11.8 Å². The van der Waals surface area contributed by atoms with E-state index in [2.05, 4.69) is 10.6 Å². The molecule has 230 valence electrons. The van der Waals surface area contributed by atoms with E-state index in [1.807, 2.05) is 51.1 Å². The molecule has 0 aliphatic carbocycles. The van der Waals surface area contributed by atoms with Crippen LogP contribution in [0, 0.1) is 23.5 Å². The smallest absolute Gasteiger partial charge is 0.243 e. The van der Waals surface area contributed by atoms with Crippen molar-refractivity contribution in [2.24, 2.45) is 11.8 Å². The monoisotopic (exact) mass is 585 g/mol. The van der Waals surface area contributed by atoms with Crippen LogP contribution in [0.2, 0.25) is 0 Å². The standard InChI is InChI=1S/C33H45F2N3O4/c1-4-14-42-26-19-28(36-20-26)31(39)29(17-23-15-24(34)18-25(35)16-23)37-32(40)30(11-10-22-8-6-5-7-9-22)38-13-12-27(21(2)3)33(38)41/h5-9,15-16,18,21,26-31,36,39H,4,10-14,17,19-20H2,1-3H3,(H,37,40)/t26-,27-,28-,29+,30-,31-/m1/s1. The summed E-state index contributed by atoms with van der Waals surface area (Å²) >= 11 is 0. The van der Waals surface area contributed by atoms with Gasteiger partial charge in [-0.25, -0.2) is 8.78 Å². The zero-order valence-electron chi connectivity index (χ0n) is 24.9. The average Bonchev–Trinajstić information content (AvgIpc) is 3.58. The van der Waals surface area contributed by atoms with Crippen molar-refractivity contribution in [1.82, 2.24) is 15.5 Å². The minimum absolute atomic E-state index is 0.0220. The minimum atomic E-state index is -1.05.